The molecule has 47 heavy (non-hydrogen) atoms. The smallest absolute Gasteiger partial charge is 0.264 e. The van der Waals surface area contributed by atoms with E-state index in [1.165, 1.54) is 24.1 Å². The van der Waals surface area contributed by atoms with Crippen LogP contribution in [0, 0.1) is 12.8 Å². The van der Waals surface area contributed by atoms with Gasteiger partial charge in [-0.25, -0.2) is 8.42 Å². The predicted octanol–water partition coefficient (Wildman–Crippen LogP) is 6.92. The molecule has 2 amide bonds. The SMILES string of the molecule is COc1ccc(C)cc1N(CC(=O)N(Cc1ccc(Cl)c(Cl)c1)[C@H](Cc1ccccc1)C(=O)NCC(C)C)S(=O)(=O)c1ccccc1. The number of methoxy groups -OCH3 is 1. The molecule has 0 heterocycles. The van der Waals surface area contributed by atoms with Crippen molar-refractivity contribution in [2.24, 2.45) is 5.92 Å². The van der Waals surface area contributed by atoms with E-state index in [4.69, 9.17) is 27.9 Å². The van der Waals surface area contributed by atoms with Gasteiger partial charge in [0.25, 0.3) is 10.0 Å². The van der Waals surface area contributed by atoms with E-state index in [-0.39, 0.29) is 41.1 Å². The fourth-order valence-corrected chi connectivity index (χ4v) is 6.80. The summed E-state index contributed by atoms with van der Waals surface area (Å²) in [4.78, 5) is 30.0. The molecule has 8 nitrogen and oxygen atoms in total. The Bertz CT molecular complexity index is 1790. The van der Waals surface area contributed by atoms with Crippen LogP contribution >= 0.6 is 23.2 Å². The minimum atomic E-state index is -4.28. The summed E-state index contributed by atoms with van der Waals surface area (Å²) in [5.41, 5.74) is 2.42. The zero-order valence-electron chi connectivity index (χ0n) is 26.8. The van der Waals surface area contributed by atoms with Crippen molar-refractivity contribution in [1.29, 1.82) is 0 Å². The molecular weight excluding hydrogens is 657 g/mol. The summed E-state index contributed by atoms with van der Waals surface area (Å²) in [6.45, 7) is 5.53. The number of rotatable bonds is 14. The normalized spacial score (nSPS) is 12.0. The van der Waals surface area contributed by atoms with Crippen LogP contribution in [0.2, 0.25) is 10.0 Å². The number of nitrogens with zero attached hydrogens (tertiary/aromatic N) is 2. The molecule has 1 N–H and O–H groups in total. The number of halogens is 2. The van der Waals surface area contributed by atoms with E-state index in [1.54, 1.807) is 54.6 Å². The highest BCUT2D eigenvalue weighted by molar-refractivity contribution is 7.92. The molecule has 0 spiro atoms. The Morgan fingerprint density at radius 1 is 0.851 bits per heavy atom. The Balaban J connectivity index is 1.85. The number of hydrogen-bond acceptors (Lipinski definition) is 5. The van der Waals surface area contributed by atoms with Gasteiger partial charge in [-0.1, -0.05) is 97.7 Å². The summed E-state index contributed by atoms with van der Waals surface area (Å²) in [5, 5.41) is 3.61. The van der Waals surface area contributed by atoms with Crippen LogP contribution in [0.4, 0.5) is 5.69 Å². The average molecular weight is 697 g/mol. The second kappa shape index (κ2) is 16.2. The highest BCUT2D eigenvalue weighted by Gasteiger charge is 2.35. The van der Waals surface area contributed by atoms with Crippen molar-refractivity contribution in [3.8, 4) is 5.75 Å². The molecule has 11 heteroatoms. The van der Waals surface area contributed by atoms with E-state index in [2.05, 4.69) is 5.32 Å². The largest absolute Gasteiger partial charge is 0.495 e. The number of nitrogens with one attached hydrogen (secondary N) is 1. The minimum absolute atomic E-state index is 0.00269. The zero-order valence-corrected chi connectivity index (χ0v) is 29.1. The van der Waals surface area contributed by atoms with Crippen molar-refractivity contribution in [2.45, 2.75) is 44.7 Å². The number of aryl methyl sites for hydroxylation is 1. The average Bonchev–Trinajstić information content (AvgIpc) is 3.06. The molecule has 248 valence electrons. The van der Waals surface area contributed by atoms with Gasteiger partial charge in [0.05, 0.1) is 27.7 Å². The van der Waals surface area contributed by atoms with Crippen LogP contribution in [-0.2, 0) is 32.6 Å². The molecule has 0 aromatic heterocycles. The molecular formula is C36H39Cl2N3O5S. The van der Waals surface area contributed by atoms with Gasteiger partial charge in [-0.3, -0.25) is 13.9 Å². The van der Waals surface area contributed by atoms with Crippen molar-refractivity contribution >= 4 is 50.7 Å². The van der Waals surface area contributed by atoms with E-state index in [0.717, 1.165) is 15.4 Å². The van der Waals surface area contributed by atoms with Gasteiger partial charge in [0.1, 0.15) is 18.3 Å². The van der Waals surface area contributed by atoms with Crippen LogP contribution in [0.3, 0.4) is 0 Å². The summed E-state index contributed by atoms with van der Waals surface area (Å²) in [6, 6.07) is 26.4. The lowest BCUT2D eigenvalue weighted by molar-refractivity contribution is -0.140. The molecule has 0 fully saturated rings. The molecule has 0 bridgehead atoms. The lowest BCUT2D eigenvalue weighted by Gasteiger charge is -2.34. The zero-order chi connectivity index (χ0) is 34.1. The van der Waals surface area contributed by atoms with Crippen LogP contribution in [0.25, 0.3) is 0 Å². The van der Waals surface area contributed by atoms with Crippen LogP contribution in [0.5, 0.6) is 5.75 Å². The van der Waals surface area contributed by atoms with Gasteiger partial charge in [0.15, 0.2) is 0 Å². The third-order valence-electron chi connectivity index (χ3n) is 7.51. The Morgan fingerprint density at radius 2 is 1.51 bits per heavy atom. The van der Waals surface area contributed by atoms with E-state index >= 15 is 0 Å². The minimum Gasteiger partial charge on any atom is -0.495 e. The molecule has 1 atom stereocenters. The van der Waals surface area contributed by atoms with E-state index < -0.39 is 28.5 Å². The third kappa shape index (κ3) is 9.28. The maximum atomic E-state index is 14.7. The van der Waals surface area contributed by atoms with Crippen molar-refractivity contribution in [3.05, 3.63) is 124 Å². The van der Waals surface area contributed by atoms with Crippen LogP contribution in [0.15, 0.2) is 102 Å². The predicted molar refractivity (Wildman–Crippen MR) is 187 cm³/mol. The Kier molecular flexibility index (Phi) is 12.3. The maximum absolute atomic E-state index is 14.7. The number of ether oxygens (including phenoxy) is 1. The fraction of sp³-hybridized carbons (Fsp3) is 0.278. The second-order valence-electron chi connectivity index (χ2n) is 11.6. The molecule has 0 unspecified atom stereocenters. The summed E-state index contributed by atoms with van der Waals surface area (Å²) < 4.78 is 35.2. The molecule has 0 aliphatic rings. The number of anilines is 1. The molecule has 0 saturated carbocycles. The Morgan fingerprint density at radius 3 is 2.13 bits per heavy atom. The number of benzene rings is 4. The highest BCUT2D eigenvalue weighted by Crippen LogP contribution is 2.34. The molecule has 0 aliphatic heterocycles. The Labute approximate surface area is 287 Å². The first kappa shape index (κ1) is 35.8. The van der Waals surface area contributed by atoms with Gasteiger partial charge in [-0.2, -0.15) is 0 Å². The molecule has 0 radical (unpaired) electrons. The summed E-state index contributed by atoms with van der Waals surface area (Å²) in [6.07, 6.45) is 0.191. The van der Waals surface area contributed by atoms with Gasteiger partial charge in [-0.15, -0.1) is 0 Å². The van der Waals surface area contributed by atoms with E-state index in [1.807, 2.05) is 51.1 Å². The second-order valence-corrected chi connectivity index (χ2v) is 14.3. The number of hydrogen-bond donors (Lipinski definition) is 1. The monoisotopic (exact) mass is 695 g/mol. The van der Waals surface area contributed by atoms with Crippen molar-refractivity contribution in [1.82, 2.24) is 10.2 Å². The molecule has 4 aromatic carbocycles. The van der Waals surface area contributed by atoms with Crippen LogP contribution < -0.4 is 14.4 Å². The van der Waals surface area contributed by atoms with Gasteiger partial charge >= 0.3 is 0 Å². The van der Waals surface area contributed by atoms with Crippen molar-refractivity contribution in [3.63, 3.8) is 0 Å². The quantitative estimate of drug-likeness (QED) is 0.155. The summed E-state index contributed by atoms with van der Waals surface area (Å²) in [5.74, 6) is -0.522. The molecule has 4 aromatic rings. The molecule has 4 rings (SSSR count). The molecule has 0 saturated heterocycles. The number of carbonyl (C=O) groups is 2. The number of amides is 2. The van der Waals surface area contributed by atoms with E-state index in [9.17, 15) is 18.0 Å². The van der Waals surface area contributed by atoms with Crippen molar-refractivity contribution < 1.29 is 22.7 Å². The van der Waals surface area contributed by atoms with Gasteiger partial charge in [0, 0.05) is 19.5 Å². The van der Waals surface area contributed by atoms with Crippen LogP contribution in [-0.4, -0.2) is 51.4 Å². The van der Waals surface area contributed by atoms with Gasteiger partial charge < -0.3 is 15.0 Å². The first-order chi connectivity index (χ1) is 22.4. The lowest BCUT2D eigenvalue weighted by atomic mass is 10.0. The van der Waals surface area contributed by atoms with E-state index in [0.29, 0.717) is 22.2 Å². The first-order valence-electron chi connectivity index (χ1n) is 15.2. The van der Waals surface area contributed by atoms with Gasteiger partial charge in [-0.05, 0) is 65.9 Å². The topological polar surface area (TPSA) is 96.0 Å². The molecule has 0 aliphatic carbocycles. The fourth-order valence-electron chi connectivity index (χ4n) is 5.04. The summed E-state index contributed by atoms with van der Waals surface area (Å²) in [7, 11) is -2.84. The summed E-state index contributed by atoms with van der Waals surface area (Å²) >= 11 is 12.6. The van der Waals surface area contributed by atoms with Crippen LogP contribution in [0.1, 0.15) is 30.5 Å². The van der Waals surface area contributed by atoms with Crippen molar-refractivity contribution in [2.75, 3.05) is 24.5 Å². The lowest BCUT2D eigenvalue weighted by Crippen LogP contribution is -2.53. The van der Waals surface area contributed by atoms with Gasteiger partial charge in [0.2, 0.25) is 11.8 Å². The standard InChI is InChI=1S/C36H39Cl2N3O5S/c1-25(2)22-39-36(43)33(21-27-11-7-5-8-12-27)40(23-28-16-17-30(37)31(38)20-28)35(42)24-41(32-19-26(3)15-18-34(32)46-4)47(44,45)29-13-9-6-10-14-29/h5-20,25,33H,21-24H2,1-4H3,(H,39,43)/t33-/m1/s1. The highest BCUT2D eigenvalue weighted by atomic mass is 35.5. The Hall–Kier alpha value is -4.05. The number of sulfonamides is 1. The first-order valence-corrected chi connectivity index (χ1v) is 17.4. The number of carbonyl (C=O) groups excluding carboxylic acids is 2. The third-order valence-corrected chi connectivity index (χ3v) is 10.0. The maximum Gasteiger partial charge on any atom is 0.264 e.